The molecule has 2 saturated carbocycles. The molecule has 3 saturated heterocycles. The number of fused-ring (bicyclic) bond motifs is 6. The van der Waals surface area contributed by atoms with Crippen molar-refractivity contribution in [2.45, 2.75) is 135 Å². The maximum absolute atomic E-state index is 14.8. The molecule has 386 valence electrons. The van der Waals surface area contributed by atoms with E-state index in [2.05, 4.69) is 69.3 Å². The summed E-state index contributed by atoms with van der Waals surface area (Å²) in [6.45, 7) is 15.1. The number of methoxy groups -OCH3 is 1. The van der Waals surface area contributed by atoms with Crippen LogP contribution in [-0.4, -0.2) is 139 Å². The summed E-state index contributed by atoms with van der Waals surface area (Å²) in [6, 6.07) is 9.66. The number of pyridine rings is 1. The number of nitriles is 1. The van der Waals surface area contributed by atoms with E-state index in [0.29, 0.717) is 75.7 Å². The molecule has 4 aliphatic heterocycles. The summed E-state index contributed by atoms with van der Waals surface area (Å²) >= 11 is 1.36. The molecule has 5 fully saturated rings. The summed E-state index contributed by atoms with van der Waals surface area (Å²) in [5.41, 5.74) is 8.95. The minimum atomic E-state index is -1.24. The fraction of sp³-hybridized carbons (Fsp3) is 0.630. The zero-order valence-electron chi connectivity index (χ0n) is 42.6. The third-order valence-corrected chi connectivity index (χ3v) is 16.7. The standard InChI is InChI=1S/C54H71N9O8S/c1-6-69-48-46(58-52(66)54(32-55)16-8-17-54)50(64)63-18-7-9-42(59-63)51(65)71-33-53(3,4)29-41-39-27-35(43-31-72-49(48)57-43)10-13-44(39)62(23-26-70-38-14-24-68-25-15-38)47(41)40-28-37(30-56-45(40)34(2)67-5)61-21-19-60(20-22-61)36-11-12-36/h10,13,27-28,30-31,34,36,38,42,46,48,59H,6-9,11-12,14-26,29,33H2,1-5H3,(H,58,66)/t34-,42-,46-,48-/m0/s1. The summed E-state index contributed by atoms with van der Waals surface area (Å²) in [7, 11) is 1.73. The van der Waals surface area contributed by atoms with Crippen molar-refractivity contribution < 1.29 is 38.1 Å². The Morgan fingerprint density at radius 1 is 1.04 bits per heavy atom. The SMILES string of the molecule is CCO[C@@H]1c2nc(cs2)-c2ccc3c(c2)c(c(-c2cc(N4CCN(C5CC5)CC4)cnc2[C@H](C)OC)n3CCOC2CCOCC2)CC(C)(C)COC(=O)[C@@H]2CCCN(N2)C(=O)[C@H]1NC(=O)C1(C#N)CCC1. The van der Waals surface area contributed by atoms with E-state index in [4.69, 9.17) is 33.7 Å². The van der Waals surface area contributed by atoms with Crippen LogP contribution in [0.25, 0.3) is 33.4 Å². The van der Waals surface area contributed by atoms with E-state index in [-0.39, 0.29) is 25.4 Å². The molecule has 4 atom stereocenters. The molecule has 6 aliphatic rings. The molecule has 2 amide bonds. The summed E-state index contributed by atoms with van der Waals surface area (Å²) < 4.78 is 33.4. The van der Waals surface area contributed by atoms with Crippen LogP contribution in [-0.2, 0) is 51.0 Å². The summed E-state index contributed by atoms with van der Waals surface area (Å²) in [6.07, 6.45) is 8.18. The lowest BCUT2D eigenvalue weighted by atomic mass is 9.69. The highest BCUT2D eigenvalue weighted by molar-refractivity contribution is 7.10. The van der Waals surface area contributed by atoms with Gasteiger partial charge in [-0.2, -0.15) is 5.26 Å². The number of carbonyl (C=O) groups excluding carboxylic acids is 3. The van der Waals surface area contributed by atoms with Crippen molar-refractivity contribution in [2.24, 2.45) is 10.8 Å². The molecule has 2 N–H and O–H groups in total. The molecule has 17 nitrogen and oxygen atoms in total. The Labute approximate surface area is 426 Å². The van der Waals surface area contributed by atoms with Gasteiger partial charge in [-0.3, -0.25) is 29.3 Å². The molecule has 10 rings (SSSR count). The van der Waals surface area contributed by atoms with E-state index in [0.717, 1.165) is 96.2 Å². The highest BCUT2D eigenvalue weighted by Crippen LogP contribution is 2.45. The van der Waals surface area contributed by atoms with Gasteiger partial charge in [0.25, 0.3) is 5.91 Å². The van der Waals surface area contributed by atoms with Gasteiger partial charge in [0.15, 0.2) is 0 Å². The molecule has 0 spiro atoms. The van der Waals surface area contributed by atoms with Gasteiger partial charge in [-0.15, -0.1) is 11.3 Å². The second-order valence-electron chi connectivity index (χ2n) is 21.4. The second-order valence-corrected chi connectivity index (χ2v) is 22.2. The fourth-order valence-electron chi connectivity index (χ4n) is 11.2. The molecular formula is C54H71N9O8S. The average molecular weight is 1010 g/mol. The molecule has 72 heavy (non-hydrogen) atoms. The number of aromatic nitrogens is 3. The van der Waals surface area contributed by atoms with Crippen LogP contribution in [0.4, 0.5) is 5.69 Å². The van der Waals surface area contributed by atoms with Crippen molar-refractivity contribution in [3.63, 3.8) is 0 Å². The normalized spacial score (nSPS) is 24.5. The quantitative estimate of drug-likeness (QED) is 0.132. The topological polar surface area (TPSA) is 186 Å². The zero-order chi connectivity index (χ0) is 50.1. The van der Waals surface area contributed by atoms with Crippen LogP contribution in [0, 0.1) is 22.2 Å². The van der Waals surface area contributed by atoms with E-state index in [1.165, 1.54) is 29.2 Å². The molecule has 3 aromatic heterocycles. The van der Waals surface area contributed by atoms with Crippen LogP contribution < -0.4 is 15.6 Å². The number of piperazine rings is 1. The van der Waals surface area contributed by atoms with Gasteiger partial charge in [0, 0.05) is 105 Å². The van der Waals surface area contributed by atoms with Crippen LogP contribution in [0.15, 0.2) is 35.8 Å². The minimum Gasteiger partial charge on any atom is -0.464 e. The van der Waals surface area contributed by atoms with Gasteiger partial charge < -0.3 is 38.5 Å². The van der Waals surface area contributed by atoms with Crippen LogP contribution in [0.2, 0.25) is 0 Å². The van der Waals surface area contributed by atoms with Gasteiger partial charge in [-0.05, 0) is 102 Å². The molecule has 0 unspecified atom stereocenters. The van der Waals surface area contributed by atoms with Gasteiger partial charge in [0.1, 0.15) is 28.6 Å². The number of anilines is 1. The number of nitrogens with zero attached hydrogens (tertiary/aromatic N) is 7. The lowest BCUT2D eigenvalue weighted by Gasteiger charge is -2.39. The smallest absolute Gasteiger partial charge is 0.324 e. The Morgan fingerprint density at radius 3 is 2.54 bits per heavy atom. The first-order valence-corrected chi connectivity index (χ1v) is 27.2. The Bertz CT molecular complexity index is 2660. The molecule has 1 aromatic carbocycles. The first kappa shape index (κ1) is 50.5. The largest absolute Gasteiger partial charge is 0.464 e. The van der Waals surface area contributed by atoms with Crippen molar-refractivity contribution in [3.8, 4) is 28.6 Å². The predicted octanol–water partition coefficient (Wildman–Crippen LogP) is 6.89. The van der Waals surface area contributed by atoms with Crippen molar-refractivity contribution in [1.29, 1.82) is 5.26 Å². The molecule has 6 bridgehead atoms. The highest BCUT2D eigenvalue weighted by Gasteiger charge is 2.48. The van der Waals surface area contributed by atoms with Crippen LogP contribution in [0.5, 0.6) is 0 Å². The highest BCUT2D eigenvalue weighted by atomic mass is 32.1. The van der Waals surface area contributed by atoms with Crippen LogP contribution in [0.1, 0.15) is 114 Å². The number of carbonyl (C=O) groups is 3. The van der Waals surface area contributed by atoms with E-state index in [1.807, 2.05) is 25.4 Å². The van der Waals surface area contributed by atoms with Crippen LogP contribution >= 0.6 is 11.3 Å². The van der Waals surface area contributed by atoms with Gasteiger partial charge >= 0.3 is 5.97 Å². The lowest BCUT2D eigenvalue weighted by Crippen LogP contribution is -2.62. The predicted molar refractivity (Wildman–Crippen MR) is 273 cm³/mol. The van der Waals surface area contributed by atoms with Gasteiger partial charge in [0.2, 0.25) is 5.91 Å². The number of hydrogen-bond acceptors (Lipinski definition) is 15. The van der Waals surface area contributed by atoms with E-state index in [9.17, 15) is 19.6 Å². The number of hydrogen-bond donors (Lipinski definition) is 2. The van der Waals surface area contributed by atoms with Crippen molar-refractivity contribution in [1.82, 2.24) is 35.2 Å². The summed E-state index contributed by atoms with van der Waals surface area (Å²) in [5, 5.41) is 18.0. The van der Waals surface area contributed by atoms with Crippen molar-refractivity contribution in [3.05, 3.63) is 52.1 Å². The molecule has 2 aliphatic carbocycles. The summed E-state index contributed by atoms with van der Waals surface area (Å²) in [5.74, 6) is -1.45. The molecular weight excluding hydrogens is 935 g/mol. The van der Waals surface area contributed by atoms with Gasteiger partial charge in [-0.1, -0.05) is 19.9 Å². The molecule has 4 aromatic rings. The second kappa shape index (κ2) is 21.5. The van der Waals surface area contributed by atoms with Crippen LogP contribution in [0.3, 0.4) is 0 Å². The average Bonchev–Trinajstić information content (AvgIpc) is 4.05. The monoisotopic (exact) mass is 1010 g/mol. The lowest BCUT2D eigenvalue weighted by molar-refractivity contribution is -0.157. The summed E-state index contributed by atoms with van der Waals surface area (Å²) in [4.78, 5) is 58.5. The number of amides is 2. The van der Waals surface area contributed by atoms with Gasteiger partial charge in [0.05, 0.1) is 60.5 Å². The van der Waals surface area contributed by atoms with E-state index < -0.39 is 46.8 Å². The third kappa shape index (κ3) is 10.4. The zero-order valence-corrected chi connectivity index (χ0v) is 43.4. The van der Waals surface area contributed by atoms with E-state index in [1.54, 1.807) is 7.11 Å². The number of nitrogens with one attached hydrogen (secondary N) is 2. The van der Waals surface area contributed by atoms with E-state index >= 15 is 0 Å². The third-order valence-electron chi connectivity index (χ3n) is 15.8. The Kier molecular flexibility index (Phi) is 15.1. The Hall–Kier alpha value is -5.00. The fourth-order valence-corrected chi connectivity index (χ4v) is 12.1. The maximum atomic E-state index is 14.8. The van der Waals surface area contributed by atoms with Gasteiger partial charge in [-0.25, -0.2) is 10.4 Å². The molecule has 18 heteroatoms. The number of benzene rings is 1. The number of cyclic esters (lactones) is 1. The minimum absolute atomic E-state index is 0.109. The number of thiazole rings is 1. The maximum Gasteiger partial charge on any atom is 0.324 e. The molecule has 7 heterocycles. The van der Waals surface area contributed by atoms with Crippen molar-refractivity contribution >= 4 is 45.7 Å². The first-order valence-electron chi connectivity index (χ1n) is 26.3. The Balaban J connectivity index is 1.12. The first-order chi connectivity index (χ1) is 34.9. The number of ether oxygens (including phenoxy) is 5. The number of esters is 1. The molecule has 0 radical (unpaired) electrons. The Morgan fingerprint density at radius 2 is 1.83 bits per heavy atom. The number of rotatable bonds is 13. The number of hydrazine groups is 1. The van der Waals surface area contributed by atoms with Crippen molar-refractivity contribution in [2.75, 3.05) is 77.8 Å².